The second kappa shape index (κ2) is 12.4. The van der Waals surface area contributed by atoms with E-state index in [1.165, 1.54) is 22.9 Å². The summed E-state index contributed by atoms with van der Waals surface area (Å²) in [6, 6.07) is 12.0. The standard InChI is InChI=1S/C27H33N3O3S/c1-6-8-14-33-23-12-11-22(16-24(23)32-5)18-28-29-27-30(13-7-2)26(31)25(34-27)17-21-10-9-19(3)20(4)15-21/h7,9-12,15-16,18,25H,2,6,8,13-14,17H2,1,3-5H3. The Morgan fingerprint density at radius 2 is 1.97 bits per heavy atom. The molecular formula is C27H33N3O3S. The van der Waals surface area contributed by atoms with Gasteiger partial charge in [-0.3, -0.25) is 9.69 Å². The zero-order valence-electron chi connectivity index (χ0n) is 20.4. The number of unbranched alkanes of at least 4 members (excludes halogenated alkanes) is 1. The van der Waals surface area contributed by atoms with Gasteiger partial charge in [0, 0.05) is 6.54 Å². The summed E-state index contributed by atoms with van der Waals surface area (Å²) in [4.78, 5) is 14.7. The number of ether oxygens (including phenoxy) is 2. The van der Waals surface area contributed by atoms with Crippen molar-refractivity contribution in [3.63, 3.8) is 0 Å². The number of hydrogen-bond acceptors (Lipinski definition) is 6. The number of rotatable bonds is 11. The SMILES string of the molecule is C=CCN1C(=O)C(Cc2ccc(C)c(C)c2)SC1=NN=Cc1ccc(OCCCC)c(OC)c1. The molecule has 2 aromatic carbocycles. The average molecular weight is 480 g/mol. The predicted molar refractivity (Wildman–Crippen MR) is 141 cm³/mol. The third kappa shape index (κ3) is 6.50. The number of carbonyl (C=O) groups excluding carboxylic acids is 1. The van der Waals surface area contributed by atoms with Crippen LogP contribution in [0.15, 0.2) is 59.3 Å². The Labute approximate surface area is 206 Å². The predicted octanol–water partition coefficient (Wildman–Crippen LogP) is 5.55. The van der Waals surface area contributed by atoms with Crippen LogP contribution in [0.1, 0.15) is 42.0 Å². The number of amides is 1. The highest BCUT2D eigenvalue weighted by molar-refractivity contribution is 8.15. The molecule has 2 aromatic rings. The summed E-state index contributed by atoms with van der Waals surface area (Å²) in [5.41, 5.74) is 4.45. The maximum atomic E-state index is 13.0. The fourth-order valence-corrected chi connectivity index (χ4v) is 4.66. The van der Waals surface area contributed by atoms with Gasteiger partial charge in [0.05, 0.1) is 25.2 Å². The van der Waals surface area contributed by atoms with Crippen LogP contribution in [0.5, 0.6) is 11.5 Å². The van der Waals surface area contributed by atoms with Gasteiger partial charge in [-0.25, -0.2) is 0 Å². The smallest absolute Gasteiger partial charge is 0.242 e. The number of aryl methyl sites for hydroxylation is 2. The van der Waals surface area contributed by atoms with Gasteiger partial charge in [-0.05, 0) is 67.1 Å². The molecule has 1 aliphatic heterocycles. The Hall–Kier alpha value is -3.06. The number of thioether (sulfide) groups is 1. The maximum absolute atomic E-state index is 13.0. The van der Waals surface area contributed by atoms with Crippen molar-refractivity contribution in [3.05, 3.63) is 71.3 Å². The number of amidine groups is 1. The monoisotopic (exact) mass is 479 g/mol. The fraction of sp³-hybridized carbons (Fsp3) is 0.370. The van der Waals surface area contributed by atoms with Gasteiger partial charge in [-0.2, -0.15) is 5.10 Å². The molecule has 1 aliphatic rings. The number of hydrogen-bond donors (Lipinski definition) is 0. The second-order valence-corrected chi connectivity index (χ2v) is 9.38. The first-order valence-electron chi connectivity index (χ1n) is 11.5. The Morgan fingerprint density at radius 1 is 1.15 bits per heavy atom. The molecule has 0 spiro atoms. The molecule has 1 unspecified atom stereocenters. The van der Waals surface area contributed by atoms with E-state index in [9.17, 15) is 4.79 Å². The van der Waals surface area contributed by atoms with Crippen molar-refractivity contribution in [2.75, 3.05) is 20.3 Å². The van der Waals surface area contributed by atoms with Crippen molar-refractivity contribution in [1.29, 1.82) is 0 Å². The van der Waals surface area contributed by atoms with Gasteiger partial charge < -0.3 is 9.47 Å². The van der Waals surface area contributed by atoms with E-state index in [1.54, 1.807) is 24.3 Å². The van der Waals surface area contributed by atoms with Gasteiger partial charge >= 0.3 is 0 Å². The molecule has 0 aromatic heterocycles. The number of methoxy groups -OCH3 is 1. The Morgan fingerprint density at radius 3 is 2.68 bits per heavy atom. The topological polar surface area (TPSA) is 63.5 Å². The molecule has 34 heavy (non-hydrogen) atoms. The second-order valence-electron chi connectivity index (χ2n) is 8.21. The first-order chi connectivity index (χ1) is 16.5. The Balaban J connectivity index is 1.73. The molecule has 0 aliphatic carbocycles. The van der Waals surface area contributed by atoms with Gasteiger partial charge in [0.25, 0.3) is 0 Å². The molecule has 1 atom stereocenters. The van der Waals surface area contributed by atoms with Crippen LogP contribution in [0.4, 0.5) is 0 Å². The minimum absolute atomic E-state index is 0.0346. The first-order valence-corrected chi connectivity index (χ1v) is 12.4. The zero-order valence-corrected chi connectivity index (χ0v) is 21.2. The normalized spacial score (nSPS) is 17.1. The average Bonchev–Trinajstić information content (AvgIpc) is 3.11. The molecule has 180 valence electrons. The lowest BCUT2D eigenvalue weighted by molar-refractivity contribution is -0.125. The van der Waals surface area contributed by atoms with Crippen molar-refractivity contribution in [3.8, 4) is 11.5 Å². The summed E-state index contributed by atoms with van der Waals surface area (Å²) in [6.45, 7) is 11.1. The van der Waals surface area contributed by atoms with E-state index < -0.39 is 0 Å². The Bertz CT molecular complexity index is 1080. The lowest BCUT2D eigenvalue weighted by Crippen LogP contribution is -2.32. The van der Waals surface area contributed by atoms with E-state index in [2.05, 4.69) is 55.8 Å². The summed E-state index contributed by atoms with van der Waals surface area (Å²) in [5.74, 6) is 1.40. The maximum Gasteiger partial charge on any atom is 0.242 e. The molecule has 3 rings (SSSR count). The lowest BCUT2D eigenvalue weighted by Gasteiger charge is -2.13. The highest BCUT2D eigenvalue weighted by atomic mass is 32.2. The van der Waals surface area contributed by atoms with E-state index in [0.717, 1.165) is 24.0 Å². The van der Waals surface area contributed by atoms with Crippen LogP contribution in [0.3, 0.4) is 0 Å². The fourth-order valence-electron chi connectivity index (χ4n) is 3.51. The van der Waals surface area contributed by atoms with Gasteiger partial charge in [0.2, 0.25) is 5.91 Å². The van der Waals surface area contributed by atoms with Crippen LogP contribution in [-0.2, 0) is 11.2 Å². The van der Waals surface area contributed by atoms with E-state index >= 15 is 0 Å². The molecule has 1 saturated heterocycles. The molecule has 1 fully saturated rings. The summed E-state index contributed by atoms with van der Waals surface area (Å²) < 4.78 is 11.2. The quantitative estimate of drug-likeness (QED) is 0.183. The van der Waals surface area contributed by atoms with Gasteiger partial charge in [-0.1, -0.05) is 49.4 Å². The van der Waals surface area contributed by atoms with Crippen LogP contribution in [0.25, 0.3) is 0 Å². The highest BCUT2D eigenvalue weighted by Crippen LogP contribution is 2.31. The molecule has 0 saturated carbocycles. The molecule has 7 heteroatoms. The summed E-state index contributed by atoms with van der Waals surface area (Å²) >= 11 is 1.45. The number of carbonyl (C=O) groups is 1. The largest absolute Gasteiger partial charge is 0.493 e. The molecular weight excluding hydrogens is 446 g/mol. The van der Waals surface area contributed by atoms with Crippen LogP contribution < -0.4 is 9.47 Å². The summed E-state index contributed by atoms with van der Waals surface area (Å²) in [7, 11) is 1.62. The van der Waals surface area contributed by atoms with Crippen LogP contribution in [0, 0.1) is 13.8 Å². The summed E-state index contributed by atoms with van der Waals surface area (Å²) in [5, 5.41) is 8.98. The van der Waals surface area contributed by atoms with E-state index in [-0.39, 0.29) is 11.2 Å². The van der Waals surface area contributed by atoms with Crippen molar-refractivity contribution < 1.29 is 14.3 Å². The minimum Gasteiger partial charge on any atom is -0.493 e. The Kier molecular flexibility index (Phi) is 9.33. The third-order valence-electron chi connectivity index (χ3n) is 5.62. The van der Waals surface area contributed by atoms with Gasteiger partial charge in [-0.15, -0.1) is 11.7 Å². The van der Waals surface area contributed by atoms with Crippen molar-refractivity contribution in [1.82, 2.24) is 4.90 Å². The first kappa shape index (κ1) is 25.6. The highest BCUT2D eigenvalue weighted by Gasteiger charge is 2.37. The van der Waals surface area contributed by atoms with Gasteiger partial charge in [0.1, 0.15) is 0 Å². The van der Waals surface area contributed by atoms with E-state index in [0.29, 0.717) is 36.2 Å². The van der Waals surface area contributed by atoms with E-state index in [1.807, 2.05) is 18.2 Å². The summed E-state index contributed by atoms with van der Waals surface area (Å²) in [6.07, 6.45) is 6.07. The molecule has 0 radical (unpaired) electrons. The van der Waals surface area contributed by atoms with Crippen LogP contribution >= 0.6 is 11.8 Å². The molecule has 1 heterocycles. The van der Waals surface area contributed by atoms with Gasteiger partial charge in [0.15, 0.2) is 16.7 Å². The molecule has 0 bridgehead atoms. The zero-order chi connectivity index (χ0) is 24.5. The van der Waals surface area contributed by atoms with Crippen molar-refractivity contribution in [2.24, 2.45) is 10.2 Å². The van der Waals surface area contributed by atoms with Crippen LogP contribution in [-0.4, -0.2) is 47.7 Å². The molecule has 0 N–H and O–H groups in total. The molecule has 6 nitrogen and oxygen atoms in total. The van der Waals surface area contributed by atoms with Crippen LogP contribution in [0.2, 0.25) is 0 Å². The number of nitrogens with zero attached hydrogens (tertiary/aromatic N) is 3. The molecule has 1 amide bonds. The van der Waals surface area contributed by atoms with E-state index in [4.69, 9.17) is 9.47 Å². The number of benzene rings is 2. The third-order valence-corrected chi connectivity index (χ3v) is 6.78. The lowest BCUT2D eigenvalue weighted by atomic mass is 10.0. The van der Waals surface area contributed by atoms with Crippen molar-refractivity contribution >= 4 is 29.1 Å². The minimum atomic E-state index is -0.226. The van der Waals surface area contributed by atoms with Crippen molar-refractivity contribution in [2.45, 2.75) is 45.3 Å².